The molecule has 1 aromatic heterocycles. The van der Waals surface area contributed by atoms with Crippen LogP contribution in [0.25, 0.3) is 0 Å². The number of rotatable bonds is 8. The smallest absolute Gasteiger partial charge is 0.337 e. The zero-order valence-corrected chi connectivity index (χ0v) is 18.9. The van der Waals surface area contributed by atoms with Crippen LogP contribution < -0.4 is 21.9 Å². The zero-order chi connectivity index (χ0) is 24.6. The lowest BCUT2D eigenvalue weighted by Crippen LogP contribution is -2.35. The summed E-state index contributed by atoms with van der Waals surface area (Å²) in [6, 6.07) is 25.7. The second kappa shape index (κ2) is 10.8. The fraction of sp³-hybridized carbons (Fsp3) is 0.0769. The first kappa shape index (κ1) is 23.2. The molecule has 4 rings (SSSR count). The van der Waals surface area contributed by atoms with Gasteiger partial charge in [0.1, 0.15) is 12.0 Å². The van der Waals surface area contributed by atoms with Crippen molar-refractivity contribution in [1.29, 1.82) is 0 Å². The van der Waals surface area contributed by atoms with Gasteiger partial charge in [-0.3, -0.25) is 15.6 Å². The molecule has 35 heavy (non-hydrogen) atoms. The van der Waals surface area contributed by atoms with Crippen LogP contribution in [0.2, 0.25) is 0 Å². The highest BCUT2D eigenvalue weighted by Crippen LogP contribution is 2.27. The molecule has 9 heteroatoms. The van der Waals surface area contributed by atoms with E-state index < -0.39 is 11.9 Å². The lowest BCUT2D eigenvalue weighted by Gasteiger charge is -2.19. The summed E-state index contributed by atoms with van der Waals surface area (Å²) in [5.74, 6) is -0.649. The summed E-state index contributed by atoms with van der Waals surface area (Å²) < 4.78 is 4.71. The Morgan fingerprint density at radius 2 is 1.40 bits per heavy atom. The molecular formula is C26H24N6O3. The molecule has 0 saturated heterocycles. The Morgan fingerprint density at radius 3 is 1.97 bits per heavy atom. The number of hydrogen-bond acceptors (Lipinski definition) is 8. The van der Waals surface area contributed by atoms with Gasteiger partial charge in [0, 0.05) is 5.69 Å². The minimum absolute atomic E-state index is 0.209. The number of hydrogen-bond donors (Lipinski definition) is 4. The van der Waals surface area contributed by atoms with Crippen LogP contribution >= 0.6 is 0 Å². The van der Waals surface area contributed by atoms with Crippen LogP contribution in [0.3, 0.4) is 0 Å². The van der Waals surface area contributed by atoms with Crippen molar-refractivity contribution in [3.05, 3.63) is 108 Å². The Bertz CT molecular complexity index is 1260. The average molecular weight is 469 g/mol. The van der Waals surface area contributed by atoms with Crippen LogP contribution in [0.4, 0.5) is 23.0 Å². The Kier molecular flexibility index (Phi) is 7.17. The number of esters is 1. The monoisotopic (exact) mass is 468 g/mol. The first-order valence-corrected chi connectivity index (χ1v) is 10.8. The fourth-order valence-electron chi connectivity index (χ4n) is 3.52. The number of nitrogens with zero attached hydrogens (tertiary/aromatic N) is 2. The zero-order valence-electron chi connectivity index (χ0n) is 18.9. The average Bonchev–Trinajstić information content (AvgIpc) is 2.90. The van der Waals surface area contributed by atoms with E-state index in [1.807, 2.05) is 60.7 Å². The molecule has 5 N–H and O–H groups in total. The van der Waals surface area contributed by atoms with Crippen molar-refractivity contribution in [3.8, 4) is 0 Å². The maximum Gasteiger partial charge on any atom is 0.337 e. The number of nitrogen functional groups attached to an aromatic ring is 1. The highest BCUT2D eigenvalue weighted by atomic mass is 16.5. The summed E-state index contributed by atoms with van der Waals surface area (Å²) in [4.78, 5) is 33.1. The summed E-state index contributed by atoms with van der Waals surface area (Å²) in [5, 5.41) is 3.08. The van der Waals surface area contributed by atoms with E-state index in [9.17, 15) is 9.59 Å². The van der Waals surface area contributed by atoms with E-state index in [0.29, 0.717) is 17.1 Å². The number of carbonyl (C=O) groups excluding carboxylic acids is 2. The highest BCUT2D eigenvalue weighted by molar-refractivity contribution is 5.90. The molecule has 3 aromatic carbocycles. The van der Waals surface area contributed by atoms with Crippen LogP contribution in [0.15, 0.2) is 91.3 Å². The molecule has 4 aromatic rings. The summed E-state index contributed by atoms with van der Waals surface area (Å²) in [6.07, 6.45) is 1.32. The normalized spacial score (nSPS) is 10.5. The first-order valence-electron chi connectivity index (χ1n) is 10.8. The van der Waals surface area contributed by atoms with Crippen molar-refractivity contribution in [2.45, 2.75) is 5.92 Å². The maximum atomic E-state index is 13.2. The molecule has 0 atom stereocenters. The number of anilines is 4. The molecule has 9 nitrogen and oxygen atoms in total. The Morgan fingerprint density at radius 1 is 0.829 bits per heavy atom. The van der Waals surface area contributed by atoms with E-state index in [0.717, 1.165) is 11.1 Å². The molecule has 0 aliphatic heterocycles. The predicted octanol–water partition coefficient (Wildman–Crippen LogP) is 3.86. The summed E-state index contributed by atoms with van der Waals surface area (Å²) in [5.41, 5.74) is 14.8. The molecule has 0 fully saturated rings. The largest absolute Gasteiger partial charge is 0.465 e. The van der Waals surface area contributed by atoms with Gasteiger partial charge in [-0.15, -0.1) is 0 Å². The topological polar surface area (TPSA) is 131 Å². The summed E-state index contributed by atoms with van der Waals surface area (Å²) in [7, 11) is 1.32. The Labute approximate surface area is 202 Å². The summed E-state index contributed by atoms with van der Waals surface area (Å²) >= 11 is 0. The van der Waals surface area contributed by atoms with Crippen molar-refractivity contribution < 1.29 is 14.3 Å². The molecule has 0 aliphatic carbocycles. The van der Waals surface area contributed by atoms with Gasteiger partial charge < -0.3 is 15.8 Å². The van der Waals surface area contributed by atoms with Gasteiger partial charge in [0.15, 0.2) is 11.6 Å². The molecular weight excluding hydrogens is 444 g/mol. The standard InChI is InChI=1S/C26H24N6O3/c1-35-26(34)19-12-14-20(15-13-19)30-23-22(27)24(29-16-28-23)31-32-25(33)21(17-8-4-2-5-9-17)18-10-6-3-7-11-18/h2-16,21H,27H2,1H3,(H,32,33)(H2,28,29,30,31). The molecule has 1 heterocycles. The molecule has 0 radical (unpaired) electrons. The predicted molar refractivity (Wildman–Crippen MR) is 134 cm³/mol. The molecule has 1 amide bonds. The third-order valence-corrected chi connectivity index (χ3v) is 5.28. The van der Waals surface area contributed by atoms with Crippen LogP contribution in [-0.2, 0) is 9.53 Å². The van der Waals surface area contributed by atoms with E-state index in [1.54, 1.807) is 24.3 Å². The van der Waals surface area contributed by atoms with Crippen LogP contribution in [0, 0.1) is 0 Å². The highest BCUT2D eigenvalue weighted by Gasteiger charge is 2.23. The number of nitrogens with two attached hydrogens (primary N) is 1. The van der Waals surface area contributed by atoms with Gasteiger partial charge in [-0.05, 0) is 35.4 Å². The van der Waals surface area contributed by atoms with Crippen molar-refractivity contribution in [3.63, 3.8) is 0 Å². The molecule has 0 saturated carbocycles. The van der Waals surface area contributed by atoms with Gasteiger partial charge in [-0.25, -0.2) is 14.8 Å². The maximum absolute atomic E-state index is 13.2. The van der Waals surface area contributed by atoms with Gasteiger partial charge in [0.05, 0.1) is 18.6 Å². The first-order chi connectivity index (χ1) is 17.1. The van der Waals surface area contributed by atoms with Gasteiger partial charge >= 0.3 is 5.97 Å². The number of amides is 1. The minimum Gasteiger partial charge on any atom is -0.465 e. The number of methoxy groups -OCH3 is 1. The van der Waals surface area contributed by atoms with Gasteiger partial charge in [0.2, 0.25) is 5.91 Å². The van der Waals surface area contributed by atoms with E-state index in [4.69, 9.17) is 10.5 Å². The van der Waals surface area contributed by atoms with Crippen molar-refractivity contribution in [2.75, 3.05) is 23.6 Å². The number of ether oxygens (including phenoxy) is 1. The van der Waals surface area contributed by atoms with Crippen molar-refractivity contribution in [2.24, 2.45) is 0 Å². The van der Waals surface area contributed by atoms with Gasteiger partial charge in [-0.2, -0.15) is 0 Å². The Balaban J connectivity index is 1.49. The van der Waals surface area contributed by atoms with Crippen molar-refractivity contribution >= 4 is 34.9 Å². The number of nitrogens with one attached hydrogen (secondary N) is 3. The van der Waals surface area contributed by atoms with Crippen LogP contribution in [0.1, 0.15) is 27.4 Å². The lowest BCUT2D eigenvalue weighted by atomic mass is 9.91. The minimum atomic E-state index is -0.529. The third-order valence-electron chi connectivity index (χ3n) is 5.28. The number of benzene rings is 3. The van der Waals surface area contributed by atoms with Crippen LogP contribution in [-0.4, -0.2) is 29.0 Å². The number of carbonyl (C=O) groups is 2. The second-order valence-corrected chi connectivity index (χ2v) is 7.55. The number of aromatic nitrogens is 2. The van der Waals surface area contributed by atoms with Crippen molar-refractivity contribution in [1.82, 2.24) is 15.4 Å². The summed E-state index contributed by atoms with van der Waals surface area (Å²) in [6.45, 7) is 0. The molecule has 0 unspecified atom stereocenters. The van der Waals surface area contributed by atoms with E-state index in [2.05, 4.69) is 26.1 Å². The van der Waals surface area contributed by atoms with E-state index >= 15 is 0 Å². The molecule has 0 bridgehead atoms. The Hall–Kier alpha value is -4.92. The lowest BCUT2D eigenvalue weighted by molar-refractivity contribution is -0.121. The quantitative estimate of drug-likeness (QED) is 0.226. The second-order valence-electron chi connectivity index (χ2n) is 7.55. The third kappa shape index (κ3) is 5.53. The van der Waals surface area contributed by atoms with Gasteiger partial charge in [-0.1, -0.05) is 60.7 Å². The molecule has 176 valence electrons. The molecule has 0 aliphatic rings. The molecule has 0 spiro atoms. The fourth-order valence-corrected chi connectivity index (χ4v) is 3.52. The van der Waals surface area contributed by atoms with E-state index in [1.165, 1.54) is 13.4 Å². The SMILES string of the molecule is COC(=O)c1ccc(Nc2ncnc(NNC(=O)C(c3ccccc3)c3ccccc3)c2N)cc1. The van der Waals surface area contributed by atoms with E-state index in [-0.39, 0.29) is 17.4 Å². The number of hydrazine groups is 1. The van der Waals surface area contributed by atoms with Crippen LogP contribution in [0.5, 0.6) is 0 Å². The van der Waals surface area contributed by atoms with Gasteiger partial charge in [0.25, 0.3) is 0 Å².